The monoisotopic (exact) mass is 382 g/mol. The van der Waals surface area contributed by atoms with Gasteiger partial charge in [-0.3, -0.25) is 4.79 Å². The van der Waals surface area contributed by atoms with Gasteiger partial charge in [-0.25, -0.2) is 0 Å². The Labute approximate surface area is 157 Å². The van der Waals surface area contributed by atoms with Gasteiger partial charge in [0.1, 0.15) is 0 Å². The smallest absolute Gasteiger partial charge is 0.227 e. The predicted molar refractivity (Wildman–Crippen MR) is 98.8 cm³/mol. The van der Waals surface area contributed by atoms with E-state index in [2.05, 4.69) is 15.5 Å². The maximum Gasteiger partial charge on any atom is 0.227 e. The van der Waals surface area contributed by atoms with Crippen molar-refractivity contribution in [3.63, 3.8) is 0 Å². The summed E-state index contributed by atoms with van der Waals surface area (Å²) in [7, 11) is 0. The van der Waals surface area contributed by atoms with E-state index in [9.17, 15) is 4.79 Å². The fraction of sp³-hybridized carbons (Fsp3) is 0.588. The lowest BCUT2D eigenvalue weighted by atomic mass is 9.92. The molecule has 0 bridgehead atoms. The van der Waals surface area contributed by atoms with Crippen LogP contribution in [0.1, 0.15) is 25.2 Å². The van der Waals surface area contributed by atoms with Gasteiger partial charge in [-0.2, -0.15) is 4.98 Å². The molecule has 2 saturated heterocycles. The first-order valence-corrected chi connectivity index (χ1v) is 9.52. The van der Waals surface area contributed by atoms with Crippen LogP contribution in [0.3, 0.4) is 0 Å². The highest BCUT2D eigenvalue weighted by Crippen LogP contribution is 2.27. The molecule has 0 unspecified atom stereocenters. The van der Waals surface area contributed by atoms with E-state index in [1.54, 1.807) is 11.3 Å². The number of thiophene rings is 1. The molecule has 0 aliphatic carbocycles. The van der Waals surface area contributed by atoms with E-state index in [0.717, 1.165) is 55.7 Å². The molecular formula is C17H23ClN4O2S. The highest BCUT2D eigenvalue weighted by atomic mass is 35.5. The second-order valence-corrected chi connectivity index (χ2v) is 7.57. The van der Waals surface area contributed by atoms with E-state index in [1.807, 2.05) is 22.4 Å². The van der Waals surface area contributed by atoms with Gasteiger partial charge in [0, 0.05) is 25.9 Å². The summed E-state index contributed by atoms with van der Waals surface area (Å²) in [4.78, 5) is 19.9. The van der Waals surface area contributed by atoms with E-state index >= 15 is 0 Å². The maximum absolute atomic E-state index is 12.5. The third-order valence-electron chi connectivity index (χ3n) is 5.13. The second kappa shape index (κ2) is 8.29. The molecule has 2 aliphatic heterocycles. The molecule has 1 amide bonds. The number of carbonyl (C=O) groups excluding carboxylic acids is 1. The Morgan fingerprint density at radius 3 is 2.76 bits per heavy atom. The molecule has 4 rings (SSSR count). The van der Waals surface area contributed by atoms with E-state index in [1.165, 1.54) is 0 Å². The molecule has 2 fully saturated rings. The molecule has 8 heteroatoms. The molecule has 25 heavy (non-hydrogen) atoms. The number of fused-ring (bicyclic) bond motifs is 1. The molecule has 0 spiro atoms. The molecule has 2 atom stereocenters. The molecule has 2 aliphatic rings. The zero-order valence-corrected chi connectivity index (χ0v) is 15.7. The van der Waals surface area contributed by atoms with Gasteiger partial charge >= 0.3 is 0 Å². The van der Waals surface area contributed by atoms with Gasteiger partial charge in [-0.1, -0.05) is 11.2 Å². The first-order valence-electron chi connectivity index (χ1n) is 8.64. The van der Waals surface area contributed by atoms with Crippen LogP contribution in [0.4, 0.5) is 0 Å². The van der Waals surface area contributed by atoms with Crippen molar-refractivity contribution >= 4 is 29.7 Å². The molecule has 6 nitrogen and oxygen atoms in total. The number of halogens is 1. The lowest BCUT2D eigenvalue weighted by molar-refractivity contribution is -0.131. The van der Waals surface area contributed by atoms with Crippen LogP contribution < -0.4 is 5.32 Å². The fourth-order valence-electron chi connectivity index (χ4n) is 3.70. The average Bonchev–Trinajstić information content (AvgIpc) is 3.32. The summed E-state index contributed by atoms with van der Waals surface area (Å²) < 4.78 is 5.28. The maximum atomic E-state index is 12.5. The lowest BCUT2D eigenvalue weighted by Gasteiger charge is -2.20. The number of amides is 1. The second-order valence-electron chi connectivity index (χ2n) is 6.63. The summed E-state index contributed by atoms with van der Waals surface area (Å²) in [6.45, 7) is 3.98. The number of nitrogens with one attached hydrogen (secondary N) is 1. The van der Waals surface area contributed by atoms with Crippen molar-refractivity contribution in [3.8, 4) is 10.7 Å². The fourth-order valence-corrected chi connectivity index (χ4v) is 4.35. The predicted octanol–water partition coefficient (Wildman–Crippen LogP) is 2.61. The molecule has 2 aromatic rings. The van der Waals surface area contributed by atoms with Crippen LogP contribution in [-0.2, 0) is 11.2 Å². The Morgan fingerprint density at radius 1 is 1.32 bits per heavy atom. The number of rotatable bonds is 4. The Balaban J connectivity index is 0.00000182. The molecule has 0 aromatic carbocycles. The Hall–Kier alpha value is -1.44. The molecule has 1 N–H and O–H groups in total. The number of hydrogen-bond acceptors (Lipinski definition) is 6. The van der Waals surface area contributed by atoms with Crippen molar-refractivity contribution in [2.24, 2.45) is 11.8 Å². The van der Waals surface area contributed by atoms with Crippen LogP contribution in [0.15, 0.2) is 22.0 Å². The number of hydrogen-bond donors (Lipinski definition) is 1. The van der Waals surface area contributed by atoms with Gasteiger partial charge in [0.2, 0.25) is 17.6 Å². The van der Waals surface area contributed by atoms with E-state index < -0.39 is 0 Å². The van der Waals surface area contributed by atoms with Gasteiger partial charge in [-0.15, -0.1) is 23.7 Å². The molecular weight excluding hydrogens is 360 g/mol. The molecule has 2 aromatic heterocycles. The summed E-state index contributed by atoms with van der Waals surface area (Å²) >= 11 is 1.58. The number of carbonyl (C=O) groups is 1. The average molecular weight is 383 g/mol. The van der Waals surface area contributed by atoms with E-state index in [4.69, 9.17) is 4.52 Å². The zero-order chi connectivity index (χ0) is 16.4. The summed E-state index contributed by atoms with van der Waals surface area (Å²) in [5, 5.41) is 9.45. The van der Waals surface area contributed by atoms with E-state index in [0.29, 0.717) is 24.6 Å². The van der Waals surface area contributed by atoms with Gasteiger partial charge in [0.05, 0.1) is 4.88 Å². The minimum Gasteiger partial charge on any atom is -0.343 e. The van der Waals surface area contributed by atoms with Gasteiger partial charge < -0.3 is 14.7 Å². The van der Waals surface area contributed by atoms with Gasteiger partial charge in [0.25, 0.3) is 0 Å². The minimum atomic E-state index is 0. The number of nitrogens with zero attached hydrogens (tertiary/aromatic N) is 3. The summed E-state index contributed by atoms with van der Waals surface area (Å²) in [5.41, 5.74) is 0. The van der Waals surface area contributed by atoms with Gasteiger partial charge in [-0.05, 0) is 49.2 Å². The number of likely N-dealkylation sites (tertiary alicyclic amines) is 1. The summed E-state index contributed by atoms with van der Waals surface area (Å²) in [6.07, 6.45) is 3.20. The summed E-state index contributed by atoms with van der Waals surface area (Å²) in [6, 6.07) is 3.93. The van der Waals surface area contributed by atoms with Crippen molar-refractivity contribution in [3.05, 3.63) is 23.4 Å². The van der Waals surface area contributed by atoms with Crippen molar-refractivity contribution in [1.29, 1.82) is 0 Å². The first kappa shape index (κ1) is 18.4. The molecule has 0 radical (unpaired) electrons. The third-order valence-corrected chi connectivity index (χ3v) is 6.00. The number of aryl methyl sites for hydroxylation is 1. The first-order chi connectivity index (χ1) is 11.8. The van der Waals surface area contributed by atoms with Crippen molar-refractivity contribution in [2.45, 2.75) is 25.7 Å². The van der Waals surface area contributed by atoms with Crippen LogP contribution >= 0.6 is 23.7 Å². The molecule has 136 valence electrons. The van der Waals surface area contributed by atoms with Crippen molar-refractivity contribution in [1.82, 2.24) is 20.4 Å². The van der Waals surface area contributed by atoms with Crippen LogP contribution in [-0.4, -0.2) is 47.1 Å². The van der Waals surface area contributed by atoms with E-state index in [-0.39, 0.29) is 18.3 Å². The quantitative estimate of drug-likeness (QED) is 0.880. The zero-order valence-electron chi connectivity index (χ0n) is 14.0. The highest BCUT2D eigenvalue weighted by molar-refractivity contribution is 7.13. The van der Waals surface area contributed by atoms with Crippen LogP contribution in [0.2, 0.25) is 0 Å². The van der Waals surface area contributed by atoms with Crippen molar-refractivity contribution in [2.75, 3.05) is 26.2 Å². The SMILES string of the molecule is Cl.O=C(CCc1nc(-c2cccs2)no1)N1CC[C@@H]2CNC[C@@H]2CC1. The Bertz CT molecular complexity index is 677. The van der Waals surface area contributed by atoms with Crippen LogP contribution in [0, 0.1) is 11.8 Å². The summed E-state index contributed by atoms with van der Waals surface area (Å²) in [5.74, 6) is 2.85. The molecule has 0 saturated carbocycles. The van der Waals surface area contributed by atoms with Crippen LogP contribution in [0.25, 0.3) is 10.7 Å². The minimum absolute atomic E-state index is 0. The lowest BCUT2D eigenvalue weighted by Crippen LogP contribution is -2.32. The highest BCUT2D eigenvalue weighted by Gasteiger charge is 2.31. The van der Waals surface area contributed by atoms with Crippen molar-refractivity contribution < 1.29 is 9.32 Å². The third kappa shape index (κ3) is 4.22. The Kier molecular flexibility index (Phi) is 6.09. The topological polar surface area (TPSA) is 71.3 Å². The standard InChI is InChI=1S/C17H22N4O2S.ClH/c22-16(21-7-5-12-10-18-11-13(12)6-8-21)4-3-15-19-17(20-23-15)14-2-1-9-24-14;/h1-2,9,12-13,18H,3-8,10-11H2;1H/t12-,13+;. The number of aromatic nitrogens is 2. The van der Waals surface area contributed by atoms with Crippen LogP contribution in [0.5, 0.6) is 0 Å². The van der Waals surface area contributed by atoms with Gasteiger partial charge in [0.15, 0.2) is 0 Å². The Morgan fingerprint density at radius 2 is 2.08 bits per heavy atom. The largest absolute Gasteiger partial charge is 0.343 e. The normalized spacial score (nSPS) is 23.0. The molecule has 4 heterocycles.